The van der Waals surface area contributed by atoms with Gasteiger partial charge in [0.2, 0.25) is 11.0 Å². The van der Waals surface area contributed by atoms with E-state index in [0.717, 1.165) is 17.8 Å². The van der Waals surface area contributed by atoms with Crippen molar-refractivity contribution in [2.75, 3.05) is 16.8 Å². The van der Waals surface area contributed by atoms with Crippen LogP contribution < -0.4 is 5.32 Å². The maximum Gasteiger partial charge on any atom is 0.230 e. The Morgan fingerprint density at radius 2 is 2.28 bits per heavy atom. The zero-order valence-electron chi connectivity index (χ0n) is 10.0. The molecule has 1 aliphatic rings. The van der Waals surface area contributed by atoms with E-state index in [9.17, 15) is 13.2 Å². The third-order valence-electron chi connectivity index (χ3n) is 2.76. The lowest BCUT2D eigenvalue weighted by molar-refractivity contribution is -0.119. The number of amides is 1. The first-order chi connectivity index (χ1) is 8.50. The second-order valence-corrected chi connectivity index (χ2v) is 7.63. The van der Waals surface area contributed by atoms with Crippen molar-refractivity contribution in [3.63, 3.8) is 0 Å². The van der Waals surface area contributed by atoms with Gasteiger partial charge in [-0.15, -0.1) is 10.2 Å². The molecule has 1 atom stereocenters. The molecular formula is C10H15N3O3S2. The molecule has 1 amide bonds. The number of hydrogen-bond acceptors (Lipinski definition) is 6. The van der Waals surface area contributed by atoms with Gasteiger partial charge in [-0.1, -0.05) is 18.3 Å². The molecule has 0 aliphatic carbocycles. The Hall–Kier alpha value is -1.02. The highest BCUT2D eigenvalue weighted by Gasteiger charge is 2.33. The SMILES string of the molecule is CCCc1nnc(NC(=O)C2CCS(=O)(=O)C2)s1. The number of hydrogen-bond donors (Lipinski definition) is 1. The molecule has 0 spiro atoms. The van der Waals surface area contributed by atoms with Gasteiger partial charge in [-0.05, 0) is 12.8 Å². The van der Waals surface area contributed by atoms with Crippen LogP contribution in [-0.4, -0.2) is 36.0 Å². The number of nitrogens with zero attached hydrogens (tertiary/aromatic N) is 2. The van der Waals surface area contributed by atoms with Crippen molar-refractivity contribution < 1.29 is 13.2 Å². The van der Waals surface area contributed by atoms with Crippen molar-refractivity contribution in [1.82, 2.24) is 10.2 Å². The minimum absolute atomic E-state index is 0.0561. The first-order valence-electron chi connectivity index (χ1n) is 5.84. The summed E-state index contributed by atoms with van der Waals surface area (Å²) in [4.78, 5) is 11.8. The summed E-state index contributed by atoms with van der Waals surface area (Å²) in [5, 5.41) is 11.8. The molecule has 0 saturated carbocycles. The fraction of sp³-hybridized carbons (Fsp3) is 0.700. The summed E-state index contributed by atoms with van der Waals surface area (Å²) in [6.07, 6.45) is 2.21. The van der Waals surface area contributed by atoms with E-state index in [2.05, 4.69) is 15.5 Å². The molecule has 0 radical (unpaired) electrons. The average Bonchev–Trinajstić information content (AvgIpc) is 2.86. The molecule has 6 nitrogen and oxygen atoms in total. The molecule has 2 heterocycles. The van der Waals surface area contributed by atoms with Crippen LogP contribution in [-0.2, 0) is 21.1 Å². The number of anilines is 1. The lowest BCUT2D eigenvalue weighted by Gasteiger charge is -2.05. The number of sulfone groups is 1. The monoisotopic (exact) mass is 289 g/mol. The van der Waals surface area contributed by atoms with Crippen LogP contribution in [0.2, 0.25) is 0 Å². The van der Waals surface area contributed by atoms with E-state index in [1.165, 1.54) is 11.3 Å². The average molecular weight is 289 g/mol. The predicted molar refractivity (Wildman–Crippen MR) is 69.3 cm³/mol. The molecule has 1 aromatic heterocycles. The lowest BCUT2D eigenvalue weighted by Crippen LogP contribution is -2.23. The van der Waals surface area contributed by atoms with Gasteiger partial charge in [0.05, 0.1) is 17.4 Å². The summed E-state index contributed by atoms with van der Waals surface area (Å²) in [5.74, 6) is -0.675. The van der Waals surface area contributed by atoms with E-state index in [0.29, 0.717) is 11.6 Å². The molecule has 1 saturated heterocycles. The van der Waals surface area contributed by atoms with Crippen LogP contribution in [0.1, 0.15) is 24.8 Å². The number of nitrogens with one attached hydrogen (secondary N) is 1. The molecule has 100 valence electrons. The van der Waals surface area contributed by atoms with E-state index in [4.69, 9.17) is 0 Å². The highest BCUT2D eigenvalue weighted by Crippen LogP contribution is 2.22. The highest BCUT2D eigenvalue weighted by molar-refractivity contribution is 7.91. The van der Waals surface area contributed by atoms with Gasteiger partial charge in [0.1, 0.15) is 5.01 Å². The fourth-order valence-corrected chi connectivity index (χ4v) is 4.41. The van der Waals surface area contributed by atoms with Crippen LogP contribution in [0.3, 0.4) is 0 Å². The van der Waals surface area contributed by atoms with E-state index in [1.54, 1.807) is 0 Å². The quantitative estimate of drug-likeness (QED) is 0.888. The lowest BCUT2D eigenvalue weighted by atomic mass is 10.1. The minimum atomic E-state index is -3.03. The van der Waals surface area contributed by atoms with Crippen molar-refractivity contribution in [2.24, 2.45) is 5.92 Å². The Morgan fingerprint density at radius 3 is 2.89 bits per heavy atom. The molecular weight excluding hydrogens is 274 g/mol. The van der Waals surface area contributed by atoms with Crippen molar-refractivity contribution in [1.29, 1.82) is 0 Å². The Morgan fingerprint density at radius 1 is 1.50 bits per heavy atom. The largest absolute Gasteiger partial charge is 0.300 e. The highest BCUT2D eigenvalue weighted by atomic mass is 32.2. The Kier molecular flexibility index (Phi) is 3.96. The van der Waals surface area contributed by atoms with Gasteiger partial charge in [-0.3, -0.25) is 4.79 Å². The Labute approximate surface area is 110 Å². The van der Waals surface area contributed by atoms with E-state index >= 15 is 0 Å². The fourth-order valence-electron chi connectivity index (χ4n) is 1.83. The van der Waals surface area contributed by atoms with Crippen molar-refractivity contribution in [2.45, 2.75) is 26.2 Å². The Balaban J connectivity index is 1.95. The van der Waals surface area contributed by atoms with Crippen molar-refractivity contribution in [3.8, 4) is 0 Å². The molecule has 18 heavy (non-hydrogen) atoms. The summed E-state index contributed by atoms with van der Waals surface area (Å²) >= 11 is 1.34. The molecule has 8 heteroatoms. The van der Waals surface area contributed by atoms with Gasteiger partial charge in [0, 0.05) is 6.42 Å². The molecule has 2 rings (SSSR count). The summed E-state index contributed by atoms with van der Waals surface area (Å²) in [6.45, 7) is 2.04. The normalized spacial score (nSPS) is 21.9. The third kappa shape index (κ3) is 3.26. The molecule has 1 N–H and O–H groups in total. The molecule has 1 aliphatic heterocycles. The topological polar surface area (TPSA) is 89.0 Å². The van der Waals surface area contributed by atoms with Gasteiger partial charge in [-0.2, -0.15) is 0 Å². The van der Waals surface area contributed by atoms with Crippen molar-refractivity contribution in [3.05, 3.63) is 5.01 Å². The second kappa shape index (κ2) is 5.31. The standard InChI is InChI=1S/C10H15N3O3S2/c1-2-3-8-12-13-10(17-8)11-9(14)7-4-5-18(15,16)6-7/h7H,2-6H2,1H3,(H,11,13,14). The molecule has 0 aromatic carbocycles. The van der Waals surface area contributed by atoms with Crippen molar-refractivity contribution >= 4 is 32.2 Å². The zero-order chi connectivity index (χ0) is 13.2. The zero-order valence-corrected chi connectivity index (χ0v) is 11.7. The van der Waals surface area contributed by atoms with Crippen LogP contribution in [0.25, 0.3) is 0 Å². The van der Waals surface area contributed by atoms with Gasteiger partial charge in [-0.25, -0.2) is 8.42 Å². The van der Waals surface area contributed by atoms with Gasteiger partial charge >= 0.3 is 0 Å². The first kappa shape index (κ1) is 13.4. The summed E-state index contributed by atoms with van der Waals surface area (Å²) in [6, 6.07) is 0. The maximum atomic E-state index is 11.8. The van der Waals surface area contributed by atoms with E-state index < -0.39 is 15.8 Å². The minimum Gasteiger partial charge on any atom is -0.300 e. The Bertz CT molecular complexity index is 538. The predicted octanol–water partition coefficient (Wildman–Crippen LogP) is 0.864. The molecule has 1 unspecified atom stereocenters. The van der Waals surface area contributed by atoms with Crippen LogP contribution in [0, 0.1) is 5.92 Å². The second-order valence-electron chi connectivity index (χ2n) is 4.34. The number of aromatic nitrogens is 2. The number of carbonyl (C=O) groups is 1. The first-order valence-corrected chi connectivity index (χ1v) is 8.47. The van der Waals surface area contributed by atoms with Crippen LogP contribution in [0.5, 0.6) is 0 Å². The number of rotatable bonds is 4. The maximum absolute atomic E-state index is 11.8. The summed E-state index contributed by atoms with van der Waals surface area (Å²) in [5.41, 5.74) is 0. The summed E-state index contributed by atoms with van der Waals surface area (Å²) in [7, 11) is -3.03. The van der Waals surface area contributed by atoms with Crippen LogP contribution in [0.4, 0.5) is 5.13 Å². The summed E-state index contributed by atoms with van der Waals surface area (Å²) < 4.78 is 22.6. The van der Waals surface area contributed by atoms with Gasteiger partial charge in [0.15, 0.2) is 9.84 Å². The van der Waals surface area contributed by atoms with Crippen LogP contribution >= 0.6 is 11.3 Å². The smallest absolute Gasteiger partial charge is 0.230 e. The van der Waals surface area contributed by atoms with E-state index in [1.807, 2.05) is 6.92 Å². The van der Waals surface area contributed by atoms with Gasteiger partial charge in [0.25, 0.3) is 0 Å². The van der Waals surface area contributed by atoms with Gasteiger partial charge < -0.3 is 5.32 Å². The van der Waals surface area contributed by atoms with E-state index in [-0.39, 0.29) is 17.4 Å². The molecule has 0 bridgehead atoms. The molecule has 1 aromatic rings. The van der Waals surface area contributed by atoms with Crippen LogP contribution in [0.15, 0.2) is 0 Å². The molecule has 1 fully saturated rings. The number of aryl methyl sites for hydroxylation is 1. The third-order valence-corrected chi connectivity index (χ3v) is 5.43. The number of carbonyl (C=O) groups excluding carboxylic acids is 1.